The lowest BCUT2D eigenvalue weighted by molar-refractivity contribution is -0.132. The van der Waals surface area contributed by atoms with Crippen LogP contribution in [0.25, 0.3) is 11.1 Å². The number of rotatable bonds is 7. The summed E-state index contributed by atoms with van der Waals surface area (Å²) in [5, 5.41) is 8.87. The van der Waals surface area contributed by atoms with E-state index in [1.807, 2.05) is 12.1 Å². The standard InChI is InChI=1S/C17H19N3O5/c1-23-13-7-11(8-14(9-13)24-2)10-3-5-12(6-4-10)25-16(20-19)15(18)17(21)22/h3-9,20H,18-19H2,1-2H3,(H,21,22)/b16-15+. The van der Waals surface area contributed by atoms with Crippen LogP contribution in [0, 0.1) is 0 Å². The average Bonchev–Trinajstić information content (AvgIpc) is 2.65. The maximum Gasteiger partial charge on any atom is 0.357 e. The molecule has 0 bridgehead atoms. The molecule has 0 spiro atoms. The van der Waals surface area contributed by atoms with Crippen molar-refractivity contribution < 1.29 is 24.1 Å². The summed E-state index contributed by atoms with van der Waals surface area (Å²) in [6.07, 6.45) is 0. The summed E-state index contributed by atoms with van der Waals surface area (Å²) in [5.74, 6) is 5.36. The van der Waals surface area contributed by atoms with Crippen molar-refractivity contribution in [2.75, 3.05) is 14.2 Å². The minimum Gasteiger partial charge on any atom is -0.497 e. The van der Waals surface area contributed by atoms with Crippen molar-refractivity contribution in [2.45, 2.75) is 0 Å². The third-order valence-electron chi connectivity index (χ3n) is 3.37. The lowest BCUT2D eigenvalue weighted by atomic mass is 10.0. The molecule has 0 aliphatic rings. The van der Waals surface area contributed by atoms with Crippen LogP contribution < -0.4 is 31.2 Å². The van der Waals surface area contributed by atoms with Gasteiger partial charge < -0.3 is 25.1 Å². The van der Waals surface area contributed by atoms with E-state index >= 15 is 0 Å². The zero-order valence-corrected chi connectivity index (χ0v) is 13.8. The lowest BCUT2D eigenvalue weighted by Gasteiger charge is -2.12. The fourth-order valence-electron chi connectivity index (χ4n) is 2.07. The molecule has 132 valence electrons. The van der Waals surface area contributed by atoms with Crippen LogP contribution in [0.2, 0.25) is 0 Å². The zero-order valence-electron chi connectivity index (χ0n) is 13.8. The molecular weight excluding hydrogens is 326 g/mol. The van der Waals surface area contributed by atoms with Crippen molar-refractivity contribution in [3.63, 3.8) is 0 Å². The van der Waals surface area contributed by atoms with Crippen molar-refractivity contribution in [2.24, 2.45) is 11.6 Å². The summed E-state index contributed by atoms with van der Waals surface area (Å²) >= 11 is 0. The first-order valence-corrected chi connectivity index (χ1v) is 7.19. The van der Waals surface area contributed by atoms with Crippen LogP contribution in [0.3, 0.4) is 0 Å². The van der Waals surface area contributed by atoms with Crippen molar-refractivity contribution in [3.8, 4) is 28.4 Å². The molecule has 0 fully saturated rings. The third kappa shape index (κ3) is 4.33. The Bertz CT molecular complexity index is 765. The Morgan fingerprint density at radius 3 is 1.96 bits per heavy atom. The van der Waals surface area contributed by atoms with Gasteiger partial charge in [-0.25, -0.2) is 10.6 Å². The van der Waals surface area contributed by atoms with E-state index in [-0.39, 0.29) is 5.88 Å². The van der Waals surface area contributed by atoms with Gasteiger partial charge >= 0.3 is 5.97 Å². The van der Waals surface area contributed by atoms with Gasteiger partial charge in [-0.2, -0.15) is 0 Å². The number of ether oxygens (including phenoxy) is 3. The maximum absolute atomic E-state index is 10.9. The molecule has 2 aromatic rings. The van der Waals surface area contributed by atoms with Crippen molar-refractivity contribution >= 4 is 5.97 Å². The highest BCUT2D eigenvalue weighted by Gasteiger charge is 2.12. The summed E-state index contributed by atoms with van der Waals surface area (Å²) in [6.45, 7) is 0. The Hall–Kier alpha value is -3.39. The largest absolute Gasteiger partial charge is 0.497 e. The van der Waals surface area contributed by atoms with Gasteiger partial charge in [-0.15, -0.1) is 0 Å². The first-order chi connectivity index (χ1) is 12.0. The molecule has 8 heteroatoms. The number of hydrogen-bond acceptors (Lipinski definition) is 7. The molecule has 0 saturated heterocycles. The predicted octanol–water partition coefficient (Wildman–Crippen LogP) is 1.43. The normalized spacial score (nSPS) is 11.3. The van der Waals surface area contributed by atoms with Gasteiger partial charge in [0.2, 0.25) is 5.88 Å². The highest BCUT2D eigenvalue weighted by atomic mass is 16.5. The van der Waals surface area contributed by atoms with Crippen molar-refractivity contribution in [1.82, 2.24) is 5.43 Å². The van der Waals surface area contributed by atoms with Crippen LogP contribution in [0.15, 0.2) is 54.0 Å². The summed E-state index contributed by atoms with van der Waals surface area (Å²) < 4.78 is 15.9. The molecule has 6 N–H and O–H groups in total. The fraction of sp³-hybridized carbons (Fsp3) is 0.118. The molecular formula is C17H19N3O5. The number of carboxylic acids is 1. The summed E-state index contributed by atoms with van der Waals surface area (Å²) in [5.41, 5.74) is 8.77. The van der Waals surface area contributed by atoms with Gasteiger partial charge in [-0.3, -0.25) is 5.43 Å². The van der Waals surface area contributed by atoms with E-state index in [0.717, 1.165) is 11.1 Å². The second-order valence-corrected chi connectivity index (χ2v) is 4.92. The van der Waals surface area contributed by atoms with Crippen molar-refractivity contribution in [3.05, 3.63) is 54.0 Å². The monoisotopic (exact) mass is 345 g/mol. The van der Waals surface area contributed by atoms with Gasteiger partial charge in [-0.1, -0.05) is 12.1 Å². The molecule has 25 heavy (non-hydrogen) atoms. The fourth-order valence-corrected chi connectivity index (χ4v) is 2.07. The van der Waals surface area contributed by atoms with E-state index in [2.05, 4.69) is 5.43 Å². The van der Waals surface area contributed by atoms with Crippen LogP contribution >= 0.6 is 0 Å². The van der Waals surface area contributed by atoms with Crippen LogP contribution in [0.1, 0.15) is 0 Å². The SMILES string of the molecule is COc1cc(OC)cc(-c2ccc(O/C(NN)=C(/N)C(=O)O)cc2)c1. The Kier molecular flexibility index (Phi) is 5.70. The highest BCUT2D eigenvalue weighted by molar-refractivity contribution is 5.85. The molecule has 0 amide bonds. The number of methoxy groups -OCH3 is 2. The molecule has 0 aliphatic carbocycles. The molecule has 0 aliphatic heterocycles. The smallest absolute Gasteiger partial charge is 0.357 e. The first-order valence-electron chi connectivity index (χ1n) is 7.19. The molecule has 0 heterocycles. The predicted molar refractivity (Wildman–Crippen MR) is 91.8 cm³/mol. The van der Waals surface area contributed by atoms with Crippen LogP contribution in [0.5, 0.6) is 17.2 Å². The lowest BCUT2D eigenvalue weighted by Crippen LogP contribution is -2.31. The van der Waals surface area contributed by atoms with Gasteiger partial charge in [0.25, 0.3) is 0 Å². The second-order valence-electron chi connectivity index (χ2n) is 4.92. The second kappa shape index (κ2) is 7.93. The molecule has 0 unspecified atom stereocenters. The van der Waals surface area contributed by atoms with E-state index < -0.39 is 11.7 Å². The van der Waals surface area contributed by atoms with Gasteiger partial charge in [0.05, 0.1) is 14.2 Å². The van der Waals surface area contributed by atoms with Gasteiger partial charge in [-0.05, 0) is 35.4 Å². The molecule has 0 radical (unpaired) electrons. The molecule has 2 rings (SSSR count). The molecule has 0 aromatic heterocycles. The minimum atomic E-state index is -1.34. The number of benzene rings is 2. The molecule has 2 aromatic carbocycles. The quantitative estimate of drug-likeness (QED) is 0.257. The topological polar surface area (TPSA) is 129 Å². The van der Waals surface area contributed by atoms with Gasteiger partial charge in [0.1, 0.15) is 17.2 Å². The zero-order chi connectivity index (χ0) is 18.4. The maximum atomic E-state index is 10.9. The average molecular weight is 345 g/mol. The number of hydrogen-bond donors (Lipinski definition) is 4. The van der Waals surface area contributed by atoms with Crippen LogP contribution in [-0.2, 0) is 4.79 Å². The van der Waals surface area contributed by atoms with E-state index in [4.69, 9.17) is 30.9 Å². The number of carboxylic acid groups (broad SMARTS) is 1. The van der Waals surface area contributed by atoms with E-state index in [1.54, 1.807) is 44.6 Å². The summed E-state index contributed by atoms with van der Waals surface area (Å²) in [7, 11) is 3.16. The Morgan fingerprint density at radius 2 is 1.52 bits per heavy atom. The minimum absolute atomic E-state index is 0.247. The van der Waals surface area contributed by atoms with Crippen LogP contribution in [0.4, 0.5) is 0 Å². The Labute approximate surface area is 144 Å². The number of carbonyl (C=O) groups is 1. The van der Waals surface area contributed by atoms with Crippen molar-refractivity contribution in [1.29, 1.82) is 0 Å². The van der Waals surface area contributed by atoms with E-state index in [0.29, 0.717) is 17.2 Å². The van der Waals surface area contributed by atoms with Gasteiger partial charge in [0, 0.05) is 6.07 Å². The molecule has 0 atom stereocenters. The Balaban J connectivity index is 2.28. The van der Waals surface area contributed by atoms with Crippen LogP contribution in [-0.4, -0.2) is 25.3 Å². The highest BCUT2D eigenvalue weighted by Crippen LogP contribution is 2.30. The summed E-state index contributed by atoms with van der Waals surface area (Å²) in [6, 6.07) is 12.4. The van der Waals surface area contributed by atoms with E-state index in [9.17, 15) is 4.79 Å². The van der Waals surface area contributed by atoms with E-state index in [1.165, 1.54) is 0 Å². The van der Waals surface area contributed by atoms with Gasteiger partial charge in [0.15, 0.2) is 5.70 Å². The number of nitrogens with one attached hydrogen (secondary N) is 1. The summed E-state index contributed by atoms with van der Waals surface area (Å²) in [4.78, 5) is 10.9. The third-order valence-corrected chi connectivity index (χ3v) is 3.37. The number of nitrogens with two attached hydrogens (primary N) is 2. The number of aliphatic carboxylic acids is 1. The number of hydrazine groups is 1. The first kappa shape index (κ1) is 18.0. The molecule has 0 saturated carbocycles. The Morgan fingerprint density at radius 1 is 0.960 bits per heavy atom. The molecule has 8 nitrogen and oxygen atoms in total.